The average Bonchev–Trinajstić information content (AvgIpc) is 2.18. The van der Waals surface area contributed by atoms with Crippen molar-refractivity contribution in [2.45, 2.75) is 18.8 Å². The first-order chi connectivity index (χ1) is 6.64. The molecule has 0 heterocycles. The lowest BCUT2D eigenvalue weighted by Gasteiger charge is -2.22. The topological polar surface area (TPSA) is 17.1 Å². The van der Waals surface area contributed by atoms with Crippen molar-refractivity contribution in [3.05, 3.63) is 48.3 Å². The second-order valence-corrected chi connectivity index (χ2v) is 3.51. The SMILES string of the molecule is C=CC[C@](C)(C=O)c1ccccc1F. The van der Waals surface area contributed by atoms with Crippen LogP contribution in [0.4, 0.5) is 4.39 Å². The van der Waals surface area contributed by atoms with Crippen molar-refractivity contribution in [1.29, 1.82) is 0 Å². The van der Waals surface area contributed by atoms with Crippen LogP contribution >= 0.6 is 0 Å². The quantitative estimate of drug-likeness (QED) is 0.529. The second kappa shape index (κ2) is 4.18. The van der Waals surface area contributed by atoms with Crippen molar-refractivity contribution in [1.82, 2.24) is 0 Å². The Bertz CT molecular complexity index is 346. The Morgan fingerprint density at radius 2 is 2.14 bits per heavy atom. The van der Waals surface area contributed by atoms with Crippen LogP contribution in [0.5, 0.6) is 0 Å². The molecule has 1 aromatic rings. The van der Waals surface area contributed by atoms with Crippen LogP contribution in [0.1, 0.15) is 18.9 Å². The van der Waals surface area contributed by atoms with Gasteiger partial charge in [0.2, 0.25) is 0 Å². The molecule has 0 unspecified atom stereocenters. The second-order valence-electron chi connectivity index (χ2n) is 3.51. The lowest BCUT2D eigenvalue weighted by atomic mass is 9.81. The smallest absolute Gasteiger partial charge is 0.130 e. The summed E-state index contributed by atoms with van der Waals surface area (Å²) in [5.74, 6) is -0.344. The molecular formula is C12H13FO. The molecule has 74 valence electrons. The van der Waals surface area contributed by atoms with Gasteiger partial charge in [0.25, 0.3) is 0 Å². The van der Waals surface area contributed by atoms with Crippen LogP contribution in [0.2, 0.25) is 0 Å². The fourth-order valence-electron chi connectivity index (χ4n) is 1.45. The summed E-state index contributed by atoms with van der Waals surface area (Å²) in [5, 5.41) is 0. The van der Waals surface area contributed by atoms with Crippen LogP contribution in [0.3, 0.4) is 0 Å². The molecule has 0 N–H and O–H groups in total. The van der Waals surface area contributed by atoms with Crippen molar-refractivity contribution in [2.75, 3.05) is 0 Å². The molecule has 14 heavy (non-hydrogen) atoms. The van der Waals surface area contributed by atoms with E-state index < -0.39 is 5.41 Å². The monoisotopic (exact) mass is 192 g/mol. The van der Waals surface area contributed by atoms with Gasteiger partial charge < -0.3 is 4.79 Å². The Hall–Kier alpha value is -1.44. The van der Waals surface area contributed by atoms with Gasteiger partial charge >= 0.3 is 0 Å². The summed E-state index contributed by atoms with van der Waals surface area (Å²) >= 11 is 0. The summed E-state index contributed by atoms with van der Waals surface area (Å²) in [6, 6.07) is 6.33. The number of carbonyl (C=O) groups excluding carboxylic acids is 1. The van der Waals surface area contributed by atoms with Crippen LogP contribution in [-0.2, 0) is 10.2 Å². The van der Waals surface area contributed by atoms with Crippen LogP contribution in [-0.4, -0.2) is 6.29 Å². The van der Waals surface area contributed by atoms with Gasteiger partial charge in [0.05, 0.1) is 5.41 Å². The number of hydrogen-bond acceptors (Lipinski definition) is 1. The molecule has 0 aliphatic heterocycles. The van der Waals surface area contributed by atoms with Gasteiger partial charge in [-0.15, -0.1) is 6.58 Å². The molecule has 0 fully saturated rings. The molecule has 0 aliphatic rings. The minimum absolute atomic E-state index is 0.344. The van der Waals surface area contributed by atoms with Gasteiger partial charge in [-0.05, 0) is 19.4 Å². The maximum Gasteiger partial charge on any atom is 0.130 e. The van der Waals surface area contributed by atoms with Gasteiger partial charge in [-0.3, -0.25) is 0 Å². The lowest BCUT2D eigenvalue weighted by molar-refractivity contribution is -0.112. The molecule has 0 saturated heterocycles. The molecular weight excluding hydrogens is 179 g/mol. The first-order valence-electron chi connectivity index (χ1n) is 4.46. The summed E-state index contributed by atoms with van der Waals surface area (Å²) in [5.41, 5.74) is -0.373. The van der Waals surface area contributed by atoms with Crippen molar-refractivity contribution >= 4 is 6.29 Å². The first-order valence-corrected chi connectivity index (χ1v) is 4.46. The van der Waals surface area contributed by atoms with Gasteiger partial charge in [0.1, 0.15) is 12.1 Å². The highest BCUT2D eigenvalue weighted by Crippen LogP contribution is 2.27. The van der Waals surface area contributed by atoms with Crippen molar-refractivity contribution in [2.24, 2.45) is 0 Å². The summed E-state index contributed by atoms with van der Waals surface area (Å²) in [4.78, 5) is 11.0. The van der Waals surface area contributed by atoms with E-state index in [0.717, 1.165) is 6.29 Å². The fraction of sp³-hybridized carbons (Fsp3) is 0.250. The zero-order valence-electron chi connectivity index (χ0n) is 8.16. The molecule has 2 heteroatoms. The Balaban J connectivity index is 3.18. The molecule has 0 aromatic heterocycles. The Labute approximate surface area is 83.3 Å². The van der Waals surface area contributed by atoms with E-state index in [-0.39, 0.29) is 5.82 Å². The van der Waals surface area contributed by atoms with Gasteiger partial charge in [-0.2, -0.15) is 0 Å². The summed E-state index contributed by atoms with van der Waals surface area (Å²) < 4.78 is 13.4. The molecule has 0 spiro atoms. The van der Waals surface area contributed by atoms with Crippen molar-refractivity contribution < 1.29 is 9.18 Å². The standard InChI is InChI=1S/C12H13FO/c1-3-8-12(2,9-14)10-6-4-5-7-11(10)13/h3-7,9H,1,8H2,2H3/t12-/m1/s1. The summed E-state index contributed by atoms with van der Waals surface area (Å²) in [6.45, 7) is 5.28. The zero-order chi connectivity index (χ0) is 10.6. The van der Waals surface area contributed by atoms with E-state index in [0.29, 0.717) is 12.0 Å². The number of hydrogen-bond donors (Lipinski definition) is 0. The van der Waals surface area contributed by atoms with E-state index >= 15 is 0 Å². The third-order valence-electron chi connectivity index (χ3n) is 2.32. The van der Waals surface area contributed by atoms with E-state index in [2.05, 4.69) is 6.58 Å². The van der Waals surface area contributed by atoms with Crippen molar-refractivity contribution in [3.63, 3.8) is 0 Å². The number of benzene rings is 1. The van der Waals surface area contributed by atoms with Gasteiger partial charge in [-0.25, -0.2) is 4.39 Å². The third-order valence-corrected chi connectivity index (χ3v) is 2.32. The number of aldehydes is 1. The Kier molecular flexibility index (Phi) is 3.18. The van der Waals surface area contributed by atoms with E-state index in [9.17, 15) is 9.18 Å². The maximum atomic E-state index is 13.4. The van der Waals surface area contributed by atoms with Gasteiger partial charge in [0.15, 0.2) is 0 Å². The normalized spacial score (nSPS) is 14.4. The third kappa shape index (κ3) is 1.90. The number of allylic oxidation sites excluding steroid dienone is 1. The predicted octanol–water partition coefficient (Wildman–Crippen LogP) is 2.86. The van der Waals surface area contributed by atoms with Gasteiger partial charge in [-0.1, -0.05) is 24.3 Å². The number of rotatable bonds is 4. The highest BCUT2D eigenvalue weighted by molar-refractivity contribution is 5.68. The lowest BCUT2D eigenvalue weighted by Crippen LogP contribution is -2.24. The summed E-state index contributed by atoms with van der Waals surface area (Å²) in [7, 11) is 0. The highest BCUT2D eigenvalue weighted by atomic mass is 19.1. The van der Waals surface area contributed by atoms with Crippen molar-refractivity contribution in [3.8, 4) is 0 Å². The van der Waals surface area contributed by atoms with E-state index in [1.807, 2.05) is 0 Å². The van der Waals surface area contributed by atoms with Crippen LogP contribution < -0.4 is 0 Å². The van der Waals surface area contributed by atoms with E-state index in [4.69, 9.17) is 0 Å². The number of carbonyl (C=O) groups is 1. The molecule has 0 radical (unpaired) electrons. The molecule has 0 amide bonds. The largest absolute Gasteiger partial charge is 0.302 e. The van der Waals surface area contributed by atoms with Crippen LogP contribution in [0, 0.1) is 5.82 Å². The zero-order valence-corrected chi connectivity index (χ0v) is 8.16. The average molecular weight is 192 g/mol. The fourth-order valence-corrected chi connectivity index (χ4v) is 1.45. The number of halogens is 1. The molecule has 0 bridgehead atoms. The summed E-state index contributed by atoms with van der Waals surface area (Å²) in [6.07, 6.45) is 2.84. The maximum absolute atomic E-state index is 13.4. The van der Waals surface area contributed by atoms with Crippen LogP contribution in [0.15, 0.2) is 36.9 Å². The Morgan fingerprint density at radius 3 is 2.64 bits per heavy atom. The van der Waals surface area contributed by atoms with Gasteiger partial charge in [0, 0.05) is 5.56 Å². The molecule has 1 nitrogen and oxygen atoms in total. The van der Waals surface area contributed by atoms with Crippen LogP contribution in [0.25, 0.3) is 0 Å². The highest BCUT2D eigenvalue weighted by Gasteiger charge is 2.27. The molecule has 1 atom stereocenters. The predicted molar refractivity (Wildman–Crippen MR) is 54.6 cm³/mol. The first kappa shape index (κ1) is 10.6. The molecule has 1 rings (SSSR count). The minimum Gasteiger partial charge on any atom is -0.302 e. The molecule has 1 aromatic carbocycles. The van der Waals surface area contributed by atoms with E-state index in [1.54, 1.807) is 31.2 Å². The molecule has 0 saturated carbocycles. The minimum atomic E-state index is -0.799. The Morgan fingerprint density at radius 1 is 1.50 bits per heavy atom. The molecule has 0 aliphatic carbocycles. The van der Waals surface area contributed by atoms with E-state index in [1.165, 1.54) is 6.07 Å².